The van der Waals surface area contributed by atoms with Crippen molar-refractivity contribution in [2.24, 2.45) is 16.5 Å². The SMILES string of the molecule is CC(C)(C)C1CCN(c2cc(N)cc(S(N)(=O)=O)c2)CC1. The summed E-state index contributed by atoms with van der Waals surface area (Å²) >= 11 is 0. The normalized spacial score (nSPS) is 18.0. The third-order valence-corrected chi connectivity index (χ3v) is 5.22. The summed E-state index contributed by atoms with van der Waals surface area (Å²) in [5.74, 6) is 0.688. The zero-order valence-corrected chi connectivity index (χ0v) is 13.8. The van der Waals surface area contributed by atoms with Crippen LogP contribution in [-0.2, 0) is 10.0 Å². The zero-order valence-electron chi connectivity index (χ0n) is 13.0. The van der Waals surface area contributed by atoms with E-state index in [9.17, 15) is 8.42 Å². The summed E-state index contributed by atoms with van der Waals surface area (Å²) < 4.78 is 23.0. The average Bonchev–Trinajstić information content (AvgIpc) is 2.36. The molecule has 1 aromatic rings. The largest absolute Gasteiger partial charge is 0.399 e. The van der Waals surface area contributed by atoms with Gasteiger partial charge in [-0.05, 0) is 42.4 Å². The standard InChI is InChI=1S/C15H25N3O2S/c1-15(2,3)11-4-6-18(7-5-11)13-8-12(16)9-14(10-13)21(17,19)20/h8-11H,4-7,16H2,1-3H3,(H2,17,19,20). The molecule has 1 aliphatic rings. The van der Waals surface area contributed by atoms with E-state index in [-0.39, 0.29) is 4.90 Å². The topological polar surface area (TPSA) is 89.4 Å². The van der Waals surface area contributed by atoms with Crippen LogP contribution in [0.25, 0.3) is 0 Å². The lowest BCUT2D eigenvalue weighted by Gasteiger charge is -2.39. The fourth-order valence-corrected chi connectivity index (χ4v) is 3.54. The number of anilines is 2. The Balaban J connectivity index is 2.19. The summed E-state index contributed by atoms with van der Waals surface area (Å²) in [5.41, 5.74) is 7.39. The molecule has 0 amide bonds. The maximum absolute atomic E-state index is 11.5. The second kappa shape index (κ2) is 5.50. The molecule has 21 heavy (non-hydrogen) atoms. The number of nitrogen functional groups attached to an aromatic ring is 1. The first kappa shape index (κ1) is 16.1. The van der Waals surface area contributed by atoms with Crippen LogP contribution in [-0.4, -0.2) is 21.5 Å². The quantitative estimate of drug-likeness (QED) is 0.819. The van der Waals surface area contributed by atoms with Gasteiger partial charge in [0.25, 0.3) is 0 Å². The summed E-state index contributed by atoms with van der Waals surface area (Å²) in [6, 6.07) is 4.83. The van der Waals surface area contributed by atoms with Gasteiger partial charge >= 0.3 is 0 Å². The van der Waals surface area contributed by atoms with Crippen LogP contribution in [0, 0.1) is 11.3 Å². The van der Waals surface area contributed by atoms with Gasteiger partial charge < -0.3 is 10.6 Å². The van der Waals surface area contributed by atoms with Gasteiger partial charge in [-0.1, -0.05) is 20.8 Å². The number of rotatable bonds is 2. The van der Waals surface area contributed by atoms with Gasteiger partial charge in [0.15, 0.2) is 0 Å². The third-order valence-electron chi connectivity index (χ3n) is 4.33. The van der Waals surface area contributed by atoms with Gasteiger partial charge in [-0.2, -0.15) is 0 Å². The smallest absolute Gasteiger partial charge is 0.238 e. The zero-order chi connectivity index (χ0) is 15.8. The minimum absolute atomic E-state index is 0.0791. The number of hydrogen-bond donors (Lipinski definition) is 2. The number of nitrogens with two attached hydrogens (primary N) is 2. The maximum Gasteiger partial charge on any atom is 0.238 e. The van der Waals surface area contributed by atoms with Crippen LogP contribution in [0.5, 0.6) is 0 Å². The fourth-order valence-electron chi connectivity index (χ4n) is 2.96. The van der Waals surface area contributed by atoms with Crippen molar-refractivity contribution in [3.8, 4) is 0 Å². The van der Waals surface area contributed by atoms with E-state index >= 15 is 0 Å². The Hall–Kier alpha value is -1.27. The van der Waals surface area contributed by atoms with E-state index in [1.165, 1.54) is 6.07 Å². The Morgan fingerprint density at radius 1 is 1.14 bits per heavy atom. The van der Waals surface area contributed by atoms with E-state index < -0.39 is 10.0 Å². The lowest BCUT2D eigenvalue weighted by molar-refractivity contribution is 0.199. The highest BCUT2D eigenvalue weighted by Gasteiger charge is 2.29. The Morgan fingerprint density at radius 2 is 1.71 bits per heavy atom. The Labute approximate surface area is 127 Å². The summed E-state index contributed by atoms with van der Waals surface area (Å²) in [6.07, 6.45) is 2.20. The van der Waals surface area contributed by atoms with Crippen LogP contribution in [0.4, 0.5) is 11.4 Å². The van der Waals surface area contributed by atoms with Crippen molar-refractivity contribution in [2.45, 2.75) is 38.5 Å². The van der Waals surface area contributed by atoms with Gasteiger partial charge in [0, 0.05) is 24.5 Å². The van der Waals surface area contributed by atoms with Crippen LogP contribution >= 0.6 is 0 Å². The number of benzene rings is 1. The number of nitrogens with zero attached hydrogens (tertiary/aromatic N) is 1. The van der Waals surface area contributed by atoms with Crippen LogP contribution < -0.4 is 15.8 Å². The van der Waals surface area contributed by atoms with Gasteiger partial charge in [0.05, 0.1) is 4.90 Å². The molecule has 0 atom stereocenters. The maximum atomic E-state index is 11.5. The lowest BCUT2D eigenvalue weighted by Crippen LogP contribution is -2.38. The molecule has 0 saturated carbocycles. The molecule has 0 bridgehead atoms. The highest BCUT2D eigenvalue weighted by Crippen LogP contribution is 2.36. The number of sulfonamides is 1. The minimum Gasteiger partial charge on any atom is -0.399 e. The molecule has 0 unspecified atom stereocenters. The number of primary sulfonamides is 1. The van der Waals surface area contributed by atoms with Crippen molar-refractivity contribution >= 4 is 21.4 Å². The molecule has 118 valence electrons. The molecule has 0 aromatic heterocycles. The molecule has 1 aliphatic heterocycles. The summed E-state index contributed by atoms with van der Waals surface area (Å²) in [4.78, 5) is 2.27. The Bertz CT molecular complexity index is 612. The molecule has 0 radical (unpaired) electrons. The van der Waals surface area contributed by atoms with E-state index in [4.69, 9.17) is 10.9 Å². The van der Waals surface area contributed by atoms with Crippen molar-refractivity contribution in [3.63, 3.8) is 0 Å². The summed E-state index contributed by atoms with van der Waals surface area (Å²) in [5, 5.41) is 5.20. The second-order valence-corrected chi connectivity index (χ2v) is 8.49. The fraction of sp³-hybridized carbons (Fsp3) is 0.600. The van der Waals surface area contributed by atoms with E-state index in [0.717, 1.165) is 31.6 Å². The van der Waals surface area contributed by atoms with E-state index in [1.807, 2.05) is 6.07 Å². The predicted molar refractivity (Wildman–Crippen MR) is 86.6 cm³/mol. The van der Waals surface area contributed by atoms with Crippen molar-refractivity contribution in [2.75, 3.05) is 23.7 Å². The van der Waals surface area contributed by atoms with E-state index in [1.54, 1.807) is 6.07 Å². The summed E-state index contributed by atoms with van der Waals surface area (Å²) in [7, 11) is -3.73. The van der Waals surface area contributed by atoms with E-state index in [0.29, 0.717) is 17.0 Å². The molecule has 0 aliphatic carbocycles. The van der Waals surface area contributed by atoms with E-state index in [2.05, 4.69) is 25.7 Å². The third kappa shape index (κ3) is 3.89. The van der Waals surface area contributed by atoms with Crippen molar-refractivity contribution in [1.29, 1.82) is 0 Å². The molecular weight excluding hydrogens is 286 g/mol. The highest BCUT2D eigenvalue weighted by molar-refractivity contribution is 7.89. The molecular formula is C15H25N3O2S. The number of hydrogen-bond acceptors (Lipinski definition) is 4. The predicted octanol–water partition coefficient (Wildman–Crippen LogP) is 2.18. The first-order valence-corrected chi connectivity index (χ1v) is 8.80. The van der Waals surface area contributed by atoms with Crippen LogP contribution in [0.1, 0.15) is 33.6 Å². The molecule has 1 aromatic carbocycles. The van der Waals surface area contributed by atoms with Gasteiger partial charge in [-0.25, -0.2) is 13.6 Å². The lowest BCUT2D eigenvalue weighted by atomic mass is 9.75. The summed E-state index contributed by atoms with van der Waals surface area (Å²) in [6.45, 7) is 8.64. The molecule has 1 heterocycles. The van der Waals surface area contributed by atoms with Gasteiger partial charge in [-0.3, -0.25) is 0 Å². The molecule has 2 rings (SSSR count). The molecule has 0 spiro atoms. The first-order valence-electron chi connectivity index (χ1n) is 7.26. The average molecular weight is 311 g/mol. The van der Waals surface area contributed by atoms with Crippen molar-refractivity contribution in [3.05, 3.63) is 18.2 Å². The van der Waals surface area contributed by atoms with Crippen LogP contribution in [0.3, 0.4) is 0 Å². The van der Waals surface area contributed by atoms with Crippen LogP contribution in [0.2, 0.25) is 0 Å². The van der Waals surface area contributed by atoms with Gasteiger partial charge in [0.2, 0.25) is 10.0 Å². The van der Waals surface area contributed by atoms with Gasteiger partial charge in [0.1, 0.15) is 0 Å². The molecule has 5 nitrogen and oxygen atoms in total. The second-order valence-electron chi connectivity index (χ2n) is 6.93. The Morgan fingerprint density at radius 3 is 2.19 bits per heavy atom. The van der Waals surface area contributed by atoms with Crippen LogP contribution in [0.15, 0.2) is 23.1 Å². The molecule has 4 N–H and O–H groups in total. The molecule has 1 saturated heterocycles. The van der Waals surface area contributed by atoms with Gasteiger partial charge in [-0.15, -0.1) is 0 Å². The Kier molecular flexibility index (Phi) is 4.22. The van der Waals surface area contributed by atoms with Crippen molar-refractivity contribution < 1.29 is 8.42 Å². The monoisotopic (exact) mass is 311 g/mol. The molecule has 1 fully saturated rings. The highest BCUT2D eigenvalue weighted by atomic mass is 32.2. The molecule has 6 heteroatoms. The first-order chi connectivity index (χ1) is 9.57. The number of piperidine rings is 1. The minimum atomic E-state index is -3.73. The van der Waals surface area contributed by atoms with Crippen molar-refractivity contribution in [1.82, 2.24) is 0 Å².